The van der Waals surface area contributed by atoms with Gasteiger partial charge in [-0.05, 0) is 11.8 Å². The third-order valence-electron chi connectivity index (χ3n) is 3.46. The van der Waals surface area contributed by atoms with Gasteiger partial charge in [0.1, 0.15) is 6.04 Å². The molecule has 0 radical (unpaired) electrons. The van der Waals surface area contributed by atoms with E-state index in [4.69, 9.17) is 10.8 Å². The van der Waals surface area contributed by atoms with Crippen LogP contribution in [0.25, 0.3) is 0 Å². The molecule has 1 heterocycles. The topological polar surface area (TPSA) is 113 Å². The lowest BCUT2D eigenvalue weighted by atomic mass is 9.83. The van der Waals surface area contributed by atoms with E-state index in [1.807, 2.05) is 6.08 Å². The van der Waals surface area contributed by atoms with Gasteiger partial charge in [0, 0.05) is 13.1 Å². The van der Waals surface area contributed by atoms with Crippen LogP contribution in [0.15, 0.2) is 11.6 Å². The third-order valence-corrected chi connectivity index (χ3v) is 3.46. The standard InChI is InChI=1S/C14H23N3O4/c1-14(2,3)9-4-6-17(7-5-9)13(21)16-10(12(19)20)8-11(15)18/h4,10H,5-8H2,1-3H3,(H2,15,18)(H,16,21)(H,19,20)/t10-/m1/s1. The van der Waals surface area contributed by atoms with Gasteiger partial charge in [-0.25, -0.2) is 9.59 Å². The van der Waals surface area contributed by atoms with Crippen LogP contribution in [0, 0.1) is 5.41 Å². The number of rotatable bonds is 4. The summed E-state index contributed by atoms with van der Waals surface area (Å²) in [4.78, 5) is 35.3. The number of carbonyl (C=O) groups is 3. The molecule has 0 saturated carbocycles. The number of urea groups is 1. The molecule has 0 saturated heterocycles. The fraction of sp³-hybridized carbons (Fsp3) is 0.643. The van der Waals surface area contributed by atoms with E-state index in [-0.39, 0.29) is 5.41 Å². The first-order valence-electron chi connectivity index (χ1n) is 6.87. The predicted octanol–water partition coefficient (Wildman–Crippen LogP) is 0.703. The summed E-state index contributed by atoms with van der Waals surface area (Å²) < 4.78 is 0. The van der Waals surface area contributed by atoms with Gasteiger partial charge in [0.15, 0.2) is 0 Å². The van der Waals surface area contributed by atoms with Crippen molar-refractivity contribution in [3.63, 3.8) is 0 Å². The Kier molecular flexibility index (Phi) is 5.34. The first-order valence-corrected chi connectivity index (χ1v) is 6.87. The lowest BCUT2D eigenvalue weighted by molar-refractivity contribution is -0.140. The van der Waals surface area contributed by atoms with Gasteiger partial charge in [-0.1, -0.05) is 32.4 Å². The first-order chi connectivity index (χ1) is 9.61. The second kappa shape index (κ2) is 6.60. The maximum atomic E-state index is 12.0. The molecule has 0 bridgehead atoms. The van der Waals surface area contributed by atoms with Gasteiger partial charge in [0.2, 0.25) is 5.91 Å². The Hall–Kier alpha value is -2.05. The zero-order valence-corrected chi connectivity index (χ0v) is 12.7. The second-order valence-electron chi connectivity index (χ2n) is 6.19. The Morgan fingerprint density at radius 3 is 2.43 bits per heavy atom. The van der Waals surface area contributed by atoms with Crippen LogP contribution in [-0.4, -0.2) is 47.0 Å². The summed E-state index contributed by atoms with van der Waals surface area (Å²) in [5, 5.41) is 11.3. The zero-order chi connectivity index (χ0) is 16.2. The molecule has 0 fully saturated rings. The van der Waals surface area contributed by atoms with Crippen molar-refractivity contribution in [2.24, 2.45) is 11.1 Å². The highest BCUT2D eigenvalue weighted by molar-refractivity contribution is 5.87. The predicted molar refractivity (Wildman–Crippen MR) is 77.5 cm³/mol. The molecule has 1 aliphatic rings. The Labute approximate surface area is 124 Å². The fourth-order valence-corrected chi connectivity index (χ4v) is 2.18. The van der Waals surface area contributed by atoms with E-state index < -0.39 is 30.4 Å². The molecular weight excluding hydrogens is 274 g/mol. The Morgan fingerprint density at radius 2 is 2.05 bits per heavy atom. The molecule has 0 aromatic heterocycles. The van der Waals surface area contributed by atoms with Crippen molar-refractivity contribution in [2.75, 3.05) is 13.1 Å². The molecule has 0 aromatic rings. The average molecular weight is 297 g/mol. The summed E-state index contributed by atoms with van der Waals surface area (Å²) in [6, 6.07) is -1.78. The van der Waals surface area contributed by atoms with Crippen molar-refractivity contribution in [1.29, 1.82) is 0 Å². The number of aliphatic carboxylic acids is 1. The molecule has 0 unspecified atom stereocenters. The number of carbonyl (C=O) groups excluding carboxylic acids is 2. The normalized spacial score (nSPS) is 16.9. The summed E-state index contributed by atoms with van der Waals surface area (Å²) in [6.45, 7) is 7.30. The van der Waals surface area contributed by atoms with E-state index in [0.29, 0.717) is 13.1 Å². The van der Waals surface area contributed by atoms with Crippen molar-refractivity contribution in [2.45, 2.75) is 39.7 Å². The van der Waals surface area contributed by atoms with Crippen molar-refractivity contribution >= 4 is 17.9 Å². The number of hydrogen-bond donors (Lipinski definition) is 3. The lowest BCUT2D eigenvalue weighted by Gasteiger charge is -2.32. The molecule has 4 N–H and O–H groups in total. The first kappa shape index (κ1) is 17.0. The van der Waals surface area contributed by atoms with Gasteiger partial charge in [0.25, 0.3) is 0 Å². The van der Waals surface area contributed by atoms with Crippen LogP contribution in [-0.2, 0) is 9.59 Å². The number of carboxylic acid groups (broad SMARTS) is 1. The Balaban J connectivity index is 2.63. The number of nitrogens with two attached hydrogens (primary N) is 1. The molecule has 21 heavy (non-hydrogen) atoms. The van der Waals surface area contributed by atoms with Crippen LogP contribution in [0.2, 0.25) is 0 Å². The molecular formula is C14H23N3O4. The third kappa shape index (κ3) is 5.09. The smallest absolute Gasteiger partial charge is 0.326 e. The van der Waals surface area contributed by atoms with Crippen LogP contribution in [0.1, 0.15) is 33.6 Å². The van der Waals surface area contributed by atoms with Crippen LogP contribution < -0.4 is 11.1 Å². The lowest BCUT2D eigenvalue weighted by Crippen LogP contribution is -2.50. The van der Waals surface area contributed by atoms with Crippen molar-refractivity contribution in [1.82, 2.24) is 10.2 Å². The van der Waals surface area contributed by atoms with Crippen LogP contribution in [0.5, 0.6) is 0 Å². The highest BCUT2D eigenvalue weighted by Gasteiger charge is 2.27. The summed E-state index contributed by atoms with van der Waals surface area (Å²) in [5.41, 5.74) is 6.32. The van der Waals surface area contributed by atoms with Gasteiger partial charge in [-0.15, -0.1) is 0 Å². The summed E-state index contributed by atoms with van der Waals surface area (Å²) in [6.07, 6.45) is 2.33. The summed E-state index contributed by atoms with van der Waals surface area (Å²) in [7, 11) is 0. The maximum Gasteiger partial charge on any atom is 0.326 e. The van der Waals surface area contributed by atoms with E-state index in [9.17, 15) is 14.4 Å². The number of amides is 3. The molecule has 0 spiro atoms. The molecule has 1 rings (SSSR count). The molecule has 1 aliphatic heterocycles. The largest absolute Gasteiger partial charge is 0.480 e. The Morgan fingerprint density at radius 1 is 1.43 bits per heavy atom. The number of hydrogen-bond acceptors (Lipinski definition) is 3. The molecule has 3 amide bonds. The number of primary amides is 1. The van der Waals surface area contributed by atoms with Gasteiger partial charge in [-0.2, -0.15) is 0 Å². The van der Waals surface area contributed by atoms with E-state index in [1.165, 1.54) is 10.5 Å². The maximum absolute atomic E-state index is 12.0. The van der Waals surface area contributed by atoms with Crippen molar-refractivity contribution in [3.8, 4) is 0 Å². The molecule has 7 nitrogen and oxygen atoms in total. The quantitative estimate of drug-likeness (QED) is 0.663. The SMILES string of the molecule is CC(C)(C)C1=CCN(C(=O)N[C@H](CC(N)=O)C(=O)O)CC1. The molecule has 0 aliphatic carbocycles. The van der Waals surface area contributed by atoms with Gasteiger partial charge >= 0.3 is 12.0 Å². The van der Waals surface area contributed by atoms with Crippen molar-refractivity contribution in [3.05, 3.63) is 11.6 Å². The Bertz CT molecular complexity index is 465. The zero-order valence-electron chi connectivity index (χ0n) is 12.7. The highest BCUT2D eigenvalue weighted by atomic mass is 16.4. The highest BCUT2D eigenvalue weighted by Crippen LogP contribution is 2.29. The summed E-state index contributed by atoms with van der Waals surface area (Å²) in [5.74, 6) is -2.04. The van der Waals surface area contributed by atoms with Crippen LogP contribution in [0.4, 0.5) is 4.79 Å². The minimum Gasteiger partial charge on any atom is -0.480 e. The number of nitrogens with zero attached hydrogens (tertiary/aromatic N) is 1. The van der Waals surface area contributed by atoms with E-state index in [2.05, 4.69) is 26.1 Å². The average Bonchev–Trinajstić information content (AvgIpc) is 2.36. The molecule has 1 atom stereocenters. The molecule has 118 valence electrons. The van der Waals surface area contributed by atoms with Crippen molar-refractivity contribution < 1.29 is 19.5 Å². The van der Waals surface area contributed by atoms with Gasteiger partial charge in [-0.3, -0.25) is 4.79 Å². The van der Waals surface area contributed by atoms with Gasteiger partial charge in [0.05, 0.1) is 6.42 Å². The second-order valence-corrected chi connectivity index (χ2v) is 6.19. The van der Waals surface area contributed by atoms with E-state index in [1.54, 1.807) is 0 Å². The van der Waals surface area contributed by atoms with Gasteiger partial charge < -0.3 is 21.1 Å². The minimum atomic E-state index is -1.29. The summed E-state index contributed by atoms with van der Waals surface area (Å²) >= 11 is 0. The number of nitrogens with one attached hydrogen (secondary N) is 1. The number of carboxylic acids is 1. The van der Waals surface area contributed by atoms with E-state index >= 15 is 0 Å². The van der Waals surface area contributed by atoms with Crippen LogP contribution in [0.3, 0.4) is 0 Å². The molecule has 7 heteroatoms. The van der Waals surface area contributed by atoms with Crippen LogP contribution >= 0.6 is 0 Å². The van der Waals surface area contributed by atoms with E-state index in [0.717, 1.165) is 6.42 Å². The fourth-order valence-electron chi connectivity index (χ4n) is 2.18. The molecule has 0 aromatic carbocycles. The monoisotopic (exact) mass is 297 g/mol. The minimum absolute atomic E-state index is 0.0676.